The molecule has 3 aromatic heterocycles. The zero-order valence-corrected chi connectivity index (χ0v) is 32.1. The van der Waals surface area contributed by atoms with Crippen molar-refractivity contribution in [2.45, 2.75) is 27.7 Å². The number of imide groups is 1. The molecule has 9 aromatic rings. The summed E-state index contributed by atoms with van der Waals surface area (Å²) < 4.78 is 2.06. The van der Waals surface area contributed by atoms with E-state index in [2.05, 4.69) is 46.6 Å². The molecule has 0 N–H and O–H groups in total. The third kappa shape index (κ3) is 5.64. The number of hydrogen-bond acceptors (Lipinski definition) is 8. The Kier molecular flexibility index (Phi) is 8.08. The van der Waals surface area contributed by atoms with Gasteiger partial charge in [-0.3, -0.25) is 9.59 Å². The van der Waals surface area contributed by atoms with E-state index >= 15 is 4.79 Å². The van der Waals surface area contributed by atoms with Gasteiger partial charge in [-0.15, -0.1) is 0 Å². The van der Waals surface area contributed by atoms with Crippen LogP contribution in [-0.2, 0) is 0 Å². The number of amides is 2. The Balaban J connectivity index is 1.24. The maximum atomic E-state index is 15.3. The van der Waals surface area contributed by atoms with Gasteiger partial charge in [-0.2, -0.15) is 0 Å². The van der Waals surface area contributed by atoms with E-state index in [4.69, 9.17) is 0 Å². The standard InChI is InChI=1S/C48H34N8O2/c1-27-49-28(2)52-45(51-27)33-21-23-37-38-24-22-34(46-53-29(3)50-30(4)54-46)26-42(38)55(41(37)25-33)40-20-12-19-39-43(40)48(58)56(47(39)57)44-35(31-13-7-5-8-14-31)17-11-18-36(44)32-15-9-6-10-16-32/h5-26H,1-4H3. The van der Waals surface area contributed by atoms with E-state index in [0.29, 0.717) is 57.4 Å². The first-order valence-corrected chi connectivity index (χ1v) is 19.0. The van der Waals surface area contributed by atoms with Crippen molar-refractivity contribution >= 4 is 39.3 Å². The van der Waals surface area contributed by atoms with Crippen LogP contribution in [0.15, 0.2) is 133 Å². The Morgan fingerprint density at radius 1 is 0.414 bits per heavy atom. The van der Waals surface area contributed by atoms with Crippen LogP contribution in [-0.4, -0.2) is 46.3 Å². The lowest BCUT2D eigenvalue weighted by Gasteiger charge is -2.23. The van der Waals surface area contributed by atoms with Crippen molar-refractivity contribution in [2.75, 3.05) is 4.90 Å². The summed E-state index contributed by atoms with van der Waals surface area (Å²) in [6, 6.07) is 43.3. The summed E-state index contributed by atoms with van der Waals surface area (Å²) in [6.07, 6.45) is 0. The van der Waals surface area contributed by atoms with E-state index in [-0.39, 0.29) is 0 Å². The van der Waals surface area contributed by atoms with Gasteiger partial charge in [0.2, 0.25) is 0 Å². The van der Waals surface area contributed by atoms with E-state index in [1.165, 1.54) is 4.90 Å². The summed E-state index contributed by atoms with van der Waals surface area (Å²) in [4.78, 5) is 59.0. The first-order chi connectivity index (χ1) is 28.2. The van der Waals surface area contributed by atoms with Gasteiger partial charge in [-0.25, -0.2) is 34.8 Å². The monoisotopic (exact) mass is 754 g/mol. The minimum absolute atomic E-state index is 0.308. The summed E-state index contributed by atoms with van der Waals surface area (Å²) >= 11 is 0. The summed E-state index contributed by atoms with van der Waals surface area (Å²) in [5, 5.41) is 1.89. The molecule has 10 rings (SSSR count). The highest BCUT2D eigenvalue weighted by atomic mass is 16.2. The molecule has 10 nitrogen and oxygen atoms in total. The zero-order valence-electron chi connectivity index (χ0n) is 32.1. The van der Waals surface area contributed by atoms with Gasteiger partial charge in [0, 0.05) is 33.0 Å². The van der Waals surface area contributed by atoms with Crippen molar-refractivity contribution in [3.63, 3.8) is 0 Å². The molecule has 6 aromatic carbocycles. The Bertz CT molecular complexity index is 2950. The molecule has 4 heterocycles. The maximum absolute atomic E-state index is 15.3. The summed E-state index contributed by atoms with van der Waals surface area (Å²) in [5.41, 5.74) is 8.25. The van der Waals surface area contributed by atoms with E-state index in [1.807, 2.05) is 143 Å². The molecule has 58 heavy (non-hydrogen) atoms. The number of hydrogen-bond donors (Lipinski definition) is 0. The predicted octanol–water partition coefficient (Wildman–Crippen LogP) is 9.86. The van der Waals surface area contributed by atoms with Crippen LogP contribution in [0, 0.1) is 27.7 Å². The molecular weight excluding hydrogens is 721 g/mol. The first kappa shape index (κ1) is 34.7. The van der Waals surface area contributed by atoms with Crippen LogP contribution in [0.3, 0.4) is 0 Å². The summed E-state index contributed by atoms with van der Waals surface area (Å²) in [5.74, 6) is 2.75. The number of carbonyl (C=O) groups excluding carboxylic acids is 2. The van der Waals surface area contributed by atoms with Crippen molar-refractivity contribution in [1.82, 2.24) is 34.5 Å². The Morgan fingerprint density at radius 3 is 1.34 bits per heavy atom. The van der Waals surface area contributed by atoms with E-state index in [0.717, 1.165) is 55.2 Å². The SMILES string of the molecule is Cc1nc(C)nc(-c2ccc3c4ccc(-c5nc(C)nc(C)n5)cc4n(-c4cccc5c4C(=O)N(c4c(-c6ccccc6)cccc4-c4ccccc4)C5=O)c3c2)n1. The second-order valence-corrected chi connectivity index (χ2v) is 14.4. The molecule has 0 aliphatic carbocycles. The van der Waals surface area contributed by atoms with Gasteiger partial charge >= 0.3 is 0 Å². The van der Waals surface area contributed by atoms with Crippen LogP contribution in [0.1, 0.15) is 44.0 Å². The summed E-state index contributed by atoms with van der Waals surface area (Å²) in [7, 11) is 0. The van der Waals surface area contributed by atoms with Crippen LogP contribution in [0.25, 0.3) is 72.5 Å². The molecule has 0 atom stereocenters. The fraction of sp³-hybridized carbons (Fsp3) is 0.0833. The fourth-order valence-corrected chi connectivity index (χ4v) is 8.19. The number of nitrogens with zero attached hydrogens (tertiary/aromatic N) is 8. The van der Waals surface area contributed by atoms with Crippen molar-refractivity contribution in [2.24, 2.45) is 0 Å². The lowest BCUT2D eigenvalue weighted by Crippen LogP contribution is -2.30. The average Bonchev–Trinajstić information content (AvgIpc) is 3.69. The number of aryl methyl sites for hydroxylation is 4. The molecule has 0 unspecified atom stereocenters. The van der Waals surface area contributed by atoms with Crippen LogP contribution in [0.4, 0.5) is 5.69 Å². The molecule has 0 radical (unpaired) electrons. The Hall–Kier alpha value is -7.72. The lowest BCUT2D eigenvalue weighted by molar-refractivity contribution is 0.0926. The number of anilines is 1. The minimum atomic E-state index is -0.411. The molecule has 0 fully saturated rings. The second kappa shape index (κ2) is 13.5. The van der Waals surface area contributed by atoms with Crippen LogP contribution < -0.4 is 4.90 Å². The largest absolute Gasteiger partial charge is 0.308 e. The van der Waals surface area contributed by atoms with Gasteiger partial charge in [-0.1, -0.05) is 109 Å². The average molecular weight is 755 g/mol. The van der Waals surface area contributed by atoms with Gasteiger partial charge in [-0.05, 0) is 63.1 Å². The van der Waals surface area contributed by atoms with Gasteiger partial charge < -0.3 is 4.57 Å². The van der Waals surface area contributed by atoms with Gasteiger partial charge in [0.25, 0.3) is 11.8 Å². The zero-order chi connectivity index (χ0) is 39.7. The topological polar surface area (TPSA) is 120 Å². The van der Waals surface area contributed by atoms with Crippen LogP contribution >= 0.6 is 0 Å². The highest BCUT2D eigenvalue weighted by molar-refractivity contribution is 6.37. The number of benzene rings is 6. The Labute approximate surface area is 333 Å². The minimum Gasteiger partial charge on any atom is -0.308 e. The number of para-hydroxylation sites is 1. The van der Waals surface area contributed by atoms with Crippen molar-refractivity contribution in [3.8, 4) is 50.7 Å². The number of fused-ring (bicyclic) bond motifs is 4. The molecule has 1 aliphatic heterocycles. The van der Waals surface area contributed by atoms with E-state index in [9.17, 15) is 4.79 Å². The van der Waals surface area contributed by atoms with Crippen molar-refractivity contribution in [3.05, 3.63) is 168 Å². The maximum Gasteiger partial charge on any atom is 0.268 e. The Morgan fingerprint density at radius 2 is 0.862 bits per heavy atom. The van der Waals surface area contributed by atoms with Crippen molar-refractivity contribution in [1.29, 1.82) is 0 Å². The van der Waals surface area contributed by atoms with Gasteiger partial charge in [0.15, 0.2) is 11.6 Å². The molecule has 0 saturated heterocycles. The highest BCUT2D eigenvalue weighted by Crippen LogP contribution is 2.45. The predicted molar refractivity (Wildman–Crippen MR) is 226 cm³/mol. The number of aromatic nitrogens is 7. The van der Waals surface area contributed by atoms with Crippen LogP contribution in [0.2, 0.25) is 0 Å². The fourth-order valence-electron chi connectivity index (χ4n) is 8.19. The number of carbonyl (C=O) groups is 2. The molecule has 278 valence electrons. The smallest absolute Gasteiger partial charge is 0.268 e. The molecule has 0 bridgehead atoms. The van der Waals surface area contributed by atoms with E-state index < -0.39 is 11.8 Å². The summed E-state index contributed by atoms with van der Waals surface area (Å²) in [6.45, 7) is 7.39. The molecule has 1 aliphatic rings. The lowest BCUT2D eigenvalue weighted by atomic mass is 9.95. The first-order valence-electron chi connectivity index (χ1n) is 19.0. The van der Waals surface area contributed by atoms with Gasteiger partial charge in [0.05, 0.1) is 33.5 Å². The quantitative estimate of drug-likeness (QED) is 0.154. The second-order valence-electron chi connectivity index (χ2n) is 14.4. The molecular formula is C48H34N8O2. The van der Waals surface area contributed by atoms with E-state index in [1.54, 1.807) is 6.07 Å². The highest BCUT2D eigenvalue weighted by Gasteiger charge is 2.41. The third-order valence-corrected chi connectivity index (χ3v) is 10.6. The molecule has 0 spiro atoms. The number of rotatable bonds is 6. The third-order valence-electron chi connectivity index (χ3n) is 10.6. The normalized spacial score (nSPS) is 12.5. The molecule has 2 amide bonds. The molecule has 0 saturated carbocycles. The van der Waals surface area contributed by atoms with Gasteiger partial charge in [0.1, 0.15) is 23.3 Å². The van der Waals surface area contributed by atoms with Crippen LogP contribution in [0.5, 0.6) is 0 Å². The molecule has 10 heteroatoms. The van der Waals surface area contributed by atoms with Crippen molar-refractivity contribution < 1.29 is 9.59 Å².